The van der Waals surface area contributed by atoms with E-state index in [1.807, 2.05) is 18.2 Å². The fourth-order valence-electron chi connectivity index (χ4n) is 1.99. The van der Waals surface area contributed by atoms with Crippen molar-refractivity contribution < 1.29 is 4.79 Å². The standard InChI is InChI=1S/C12H14N4O.ClH/c17-12(14-6-8-4-13-5-8)9-2-1-3-11-10(9)7-15-16-11;/h1-3,7-8,13H,4-6H2,(H,14,17)(H,15,16);1H. The molecule has 2 heterocycles. The molecule has 0 aliphatic carbocycles. The van der Waals surface area contributed by atoms with E-state index < -0.39 is 0 Å². The molecule has 0 bridgehead atoms. The summed E-state index contributed by atoms with van der Waals surface area (Å²) in [7, 11) is 0. The first kappa shape index (κ1) is 12.9. The van der Waals surface area contributed by atoms with Crippen LogP contribution in [-0.2, 0) is 0 Å². The van der Waals surface area contributed by atoms with Crippen LogP contribution in [0.2, 0.25) is 0 Å². The van der Waals surface area contributed by atoms with Gasteiger partial charge in [-0.2, -0.15) is 5.10 Å². The Kier molecular flexibility index (Phi) is 3.84. The second kappa shape index (κ2) is 5.37. The summed E-state index contributed by atoms with van der Waals surface area (Å²) in [4.78, 5) is 12.0. The Bertz CT molecular complexity index is 550. The maximum atomic E-state index is 12.0. The molecular weight excluding hydrogens is 252 g/mol. The summed E-state index contributed by atoms with van der Waals surface area (Å²) in [5.74, 6) is 0.548. The lowest BCUT2D eigenvalue weighted by atomic mass is 10.0. The zero-order valence-electron chi connectivity index (χ0n) is 9.77. The lowest BCUT2D eigenvalue weighted by Gasteiger charge is -2.27. The highest BCUT2D eigenvalue weighted by atomic mass is 35.5. The van der Waals surface area contributed by atoms with E-state index >= 15 is 0 Å². The number of nitrogens with zero attached hydrogens (tertiary/aromatic N) is 1. The number of rotatable bonds is 3. The van der Waals surface area contributed by atoms with Crippen LogP contribution >= 0.6 is 12.4 Å². The normalized spacial score (nSPS) is 14.9. The monoisotopic (exact) mass is 266 g/mol. The summed E-state index contributed by atoms with van der Waals surface area (Å²) in [5, 5.41) is 13.8. The molecule has 1 aromatic carbocycles. The zero-order valence-corrected chi connectivity index (χ0v) is 10.6. The zero-order chi connectivity index (χ0) is 11.7. The van der Waals surface area contributed by atoms with Gasteiger partial charge in [0.2, 0.25) is 0 Å². The summed E-state index contributed by atoms with van der Waals surface area (Å²) >= 11 is 0. The molecule has 0 radical (unpaired) electrons. The third-order valence-corrected chi connectivity index (χ3v) is 3.15. The van der Waals surface area contributed by atoms with Gasteiger partial charge in [-0.05, 0) is 12.1 Å². The van der Waals surface area contributed by atoms with E-state index in [0.717, 1.165) is 30.5 Å². The first-order valence-electron chi connectivity index (χ1n) is 5.75. The van der Waals surface area contributed by atoms with E-state index in [-0.39, 0.29) is 18.3 Å². The van der Waals surface area contributed by atoms with Crippen molar-refractivity contribution in [1.82, 2.24) is 20.8 Å². The predicted molar refractivity (Wildman–Crippen MR) is 72.0 cm³/mol. The minimum absolute atomic E-state index is 0. The molecule has 1 aromatic heterocycles. The second-order valence-corrected chi connectivity index (χ2v) is 4.37. The van der Waals surface area contributed by atoms with Crippen LogP contribution in [0.5, 0.6) is 0 Å². The van der Waals surface area contributed by atoms with Crippen LogP contribution in [0.1, 0.15) is 10.4 Å². The molecule has 0 atom stereocenters. The van der Waals surface area contributed by atoms with E-state index in [1.54, 1.807) is 6.20 Å². The predicted octanol–water partition coefficient (Wildman–Crippen LogP) is 0.934. The average Bonchev–Trinajstić information content (AvgIpc) is 2.74. The van der Waals surface area contributed by atoms with Crippen LogP contribution in [-0.4, -0.2) is 35.7 Å². The van der Waals surface area contributed by atoms with E-state index in [2.05, 4.69) is 20.8 Å². The Morgan fingerprint density at radius 3 is 3.00 bits per heavy atom. The quantitative estimate of drug-likeness (QED) is 0.774. The van der Waals surface area contributed by atoms with Crippen LogP contribution in [0, 0.1) is 5.92 Å². The Balaban J connectivity index is 0.00000120. The van der Waals surface area contributed by atoms with Crippen molar-refractivity contribution in [3.8, 4) is 0 Å². The van der Waals surface area contributed by atoms with Gasteiger partial charge in [0.15, 0.2) is 0 Å². The highest BCUT2D eigenvalue weighted by Gasteiger charge is 2.18. The Morgan fingerprint density at radius 2 is 2.28 bits per heavy atom. The molecule has 6 heteroatoms. The number of aromatic nitrogens is 2. The number of amides is 1. The molecule has 5 nitrogen and oxygen atoms in total. The van der Waals surface area contributed by atoms with E-state index in [1.165, 1.54) is 0 Å². The summed E-state index contributed by atoms with van der Waals surface area (Å²) in [6, 6.07) is 5.60. The third-order valence-electron chi connectivity index (χ3n) is 3.15. The molecule has 1 amide bonds. The SMILES string of the molecule is Cl.O=C(NCC1CNC1)c1cccc2[nH]ncc12. The van der Waals surface area contributed by atoms with Crippen LogP contribution in [0.15, 0.2) is 24.4 Å². The molecule has 0 unspecified atom stereocenters. The molecule has 18 heavy (non-hydrogen) atoms. The topological polar surface area (TPSA) is 69.8 Å². The van der Waals surface area contributed by atoms with Crippen molar-refractivity contribution in [2.75, 3.05) is 19.6 Å². The molecule has 1 aliphatic rings. The van der Waals surface area contributed by atoms with Crippen LogP contribution in [0.25, 0.3) is 10.9 Å². The molecule has 2 aromatic rings. The van der Waals surface area contributed by atoms with E-state index in [4.69, 9.17) is 0 Å². The number of nitrogens with one attached hydrogen (secondary N) is 3. The number of fused-ring (bicyclic) bond motifs is 1. The average molecular weight is 267 g/mol. The Labute approximate surface area is 111 Å². The lowest BCUT2D eigenvalue weighted by Crippen LogP contribution is -2.48. The maximum Gasteiger partial charge on any atom is 0.252 e. The first-order chi connectivity index (χ1) is 8.34. The van der Waals surface area contributed by atoms with Gasteiger partial charge in [0.05, 0.1) is 17.3 Å². The molecule has 1 fully saturated rings. The minimum atomic E-state index is -0.0242. The van der Waals surface area contributed by atoms with E-state index in [0.29, 0.717) is 11.5 Å². The molecule has 96 valence electrons. The largest absolute Gasteiger partial charge is 0.352 e. The number of hydrogen-bond acceptors (Lipinski definition) is 3. The summed E-state index contributed by atoms with van der Waals surface area (Å²) in [6.07, 6.45) is 1.69. The Morgan fingerprint density at radius 1 is 1.44 bits per heavy atom. The van der Waals surface area contributed by atoms with Gasteiger partial charge >= 0.3 is 0 Å². The van der Waals surface area contributed by atoms with Gasteiger partial charge in [-0.3, -0.25) is 9.89 Å². The second-order valence-electron chi connectivity index (χ2n) is 4.37. The molecule has 0 saturated carbocycles. The van der Waals surface area contributed by atoms with Gasteiger partial charge in [0, 0.05) is 30.9 Å². The molecule has 3 N–H and O–H groups in total. The van der Waals surface area contributed by atoms with Gasteiger partial charge in [-0.25, -0.2) is 0 Å². The number of aromatic amines is 1. The molecule has 0 spiro atoms. The van der Waals surface area contributed by atoms with Crippen molar-refractivity contribution in [3.05, 3.63) is 30.0 Å². The number of carbonyl (C=O) groups excluding carboxylic acids is 1. The van der Waals surface area contributed by atoms with Crippen molar-refractivity contribution in [2.45, 2.75) is 0 Å². The highest BCUT2D eigenvalue weighted by Crippen LogP contribution is 2.15. The number of H-pyrrole nitrogens is 1. The smallest absolute Gasteiger partial charge is 0.252 e. The van der Waals surface area contributed by atoms with Crippen molar-refractivity contribution in [1.29, 1.82) is 0 Å². The number of benzene rings is 1. The van der Waals surface area contributed by atoms with Crippen molar-refractivity contribution >= 4 is 29.2 Å². The minimum Gasteiger partial charge on any atom is -0.352 e. The molecule has 3 rings (SSSR count). The number of hydrogen-bond donors (Lipinski definition) is 3. The summed E-state index contributed by atoms with van der Waals surface area (Å²) < 4.78 is 0. The van der Waals surface area contributed by atoms with Crippen molar-refractivity contribution in [3.63, 3.8) is 0 Å². The van der Waals surface area contributed by atoms with E-state index in [9.17, 15) is 4.79 Å². The summed E-state index contributed by atoms with van der Waals surface area (Å²) in [6.45, 7) is 2.73. The van der Waals surface area contributed by atoms with Gasteiger partial charge in [-0.1, -0.05) is 6.07 Å². The summed E-state index contributed by atoms with van der Waals surface area (Å²) in [5.41, 5.74) is 1.58. The Hall–Kier alpha value is -1.59. The number of carbonyl (C=O) groups is 1. The molecule has 1 aliphatic heterocycles. The lowest BCUT2D eigenvalue weighted by molar-refractivity contribution is 0.0944. The van der Waals surface area contributed by atoms with Gasteiger partial charge in [0.25, 0.3) is 5.91 Å². The molecule has 1 saturated heterocycles. The van der Waals surface area contributed by atoms with Crippen molar-refractivity contribution in [2.24, 2.45) is 5.92 Å². The fraction of sp³-hybridized carbons (Fsp3) is 0.333. The van der Waals surface area contributed by atoms with Gasteiger partial charge < -0.3 is 10.6 Å². The molecular formula is C12H15ClN4O. The van der Waals surface area contributed by atoms with Crippen LogP contribution < -0.4 is 10.6 Å². The third kappa shape index (κ3) is 2.32. The number of halogens is 1. The maximum absolute atomic E-state index is 12.0. The van der Waals surface area contributed by atoms with Crippen LogP contribution in [0.3, 0.4) is 0 Å². The van der Waals surface area contributed by atoms with Gasteiger partial charge in [0.1, 0.15) is 0 Å². The van der Waals surface area contributed by atoms with Gasteiger partial charge in [-0.15, -0.1) is 12.4 Å². The fourth-order valence-corrected chi connectivity index (χ4v) is 1.99. The van der Waals surface area contributed by atoms with Crippen LogP contribution in [0.4, 0.5) is 0 Å². The highest BCUT2D eigenvalue weighted by molar-refractivity contribution is 6.06. The first-order valence-corrected chi connectivity index (χ1v) is 5.75.